The van der Waals surface area contributed by atoms with Crippen molar-refractivity contribution >= 4 is 17.4 Å². The fourth-order valence-corrected chi connectivity index (χ4v) is 3.46. The van der Waals surface area contributed by atoms with Crippen LogP contribution in [0.15, 0.2) is 12.1 Å². The first kappa shape index (κ1) is 14.1. The van der Waals surface area contributed by atoms with Crippen LogP contribution in [-0.4, -0.2) is 47.2 Å². The molecule has 2 aliphatic rings. The smallest absolute Gasteiger partial charge is 0.129 e. The first-order chi connectivity index (χ1) is 9.78. The summed E-state index contributed by atoms with van der Waals surface area (Å²) < 4.78 is 0. The van der Waals surface area contributed by atoms with Gasteiger partial charge >= 0.3 is 0 Å². The lowest BCUT2D eigenvalue weighted by atomic mass is 10.1. The molecule has 1 aromatic heterocycles. The van der Waals surface area contributed by atoms with E-state index in [4.69, 9.17) is 11.6 Å². The van der Waals surface area contributed by atoms with Crippen LogP contribution in [0, 0.1) is 0 Å². The van der Waals surface area contributed by atoms with Crippen molar-refractivity contribution in [2.75, 3.05) is 31.1 Å². The van der Waals surface area contributed by atoms with E-state index in [1.165, 1.54) is 38.8 Å². The quantitative estimate of drug-likeness (QED) is 0.929. The molecule has 0 bridgehead atoms. The summed E-state index contributed by atoms with van der Waals surface area (Å²) in [5.74, 6) is 0.943. The molecule has 4 nitrogen and oxygen atoms in total. The Bertz CT molecular complexity index is 462. The second-order valence-corrected chi connectivity index (χ2v) is 6.15. The lowest BCUT2D eigenvalue weighted by Crippen LogP contribution is -2.41. The summed E-state index contributed by atoms with van der Waals surface area (Å²) in [7, 11) is 0. The fourth-order valence-electron chi connectivity index (χ4n) is 3.29. The fraction of sp³-hybridized carbons (Fsp3) is 0.667. The second kappa shape index (κ2) is 6.29. The van der Waals surface area contributed by atoms with Crippen molar-refractivity contribution in [1.82, 2.24) is 9.88 Å². The molecule has 1 unspecified atom stereocenters. The molecular weight excluding hydrogens is 274 g/mol. The number of nitrogens with zero attached hydrogens (tertiary/aromatic N) is 3. The van der Waals surface area contributed by atoms with Gasteiger partial charge in [0.15, 0.2) is 0 Å². The van der Waals surface area contributed by atoms with Gasteiger partial charge in [-0.3, -0.25) is 4.90 Å². The Morgan fingerprint density at radius 2 is 2.00 bits per heavy atom. The van der Waals surface area contributed by atoms with E-state index in [-0.39, 0.29) is 6.61 Å². The molecule has 3 rings (SSSR count). The van der Waals surface area contributed by atoms with Gasteiger partial charge in [0, 0.05) is 19.1 Å². The van der Waals surface area contributed by atoms with Gasteiger partial charge in [-0.15, -0.1) is 0 Å². The van der Waals surface area contributed by atoms with Crippen molar-refractivity contribution < 1.29 is 5.11 Å². The highest BCUT2D eigenvalue weighted by Gasteiger charge is 2.29. The predicted octanol–water partition coefficient (Wildman–Crippen LogP) is 2.29. The molecule has 5 heteroatoms. The maximum absolute atomic E-state index is 9.27. The van der Waals surface area contributed by atoms with E-state index in [0.29, 0.717) is 16.8 Å². The van der Waals surface area contributed by atoms with Crippen molar-refractivity contribution in [3.05, 3.63) is 22.8 Å². The molecule has 20 heavy (non-hydrogen) atoms. The minimum absolute atomic E-state index is 0.101. The van der Waals surface area contributed by atoms with Crippen LogP contribution in [0.3, 0.4) is 0 Å². The highest BCUT2D eigenvalue weighted by Crippen LogP contribution is 2.25. The summed E-state index contributed by atoms with van der Waals surface area (Å²) in [6, 6.07) is 4.45. The van der Waals surface area contributed by atoms with Crippen LogP contribution in [0.2, 0.25) is 5.02 Å². The van der Waals surface area contributed by atoms with Gasteiger partial charge in [0.25, 0.3) is 0 Å². The number of hydrogen-bond acceptors (Lipinski definition) is 4. The summed E-state index contributed by atoms with van der Waals surface area (Å²) in [6.45, 7) is 4.47. The molecule has 1 N–H and O–H groups in total. The maximum atomic E-state index is 9.27. The molecular formula is C15H22ClN3O. The Kier molecular flexibility index (Phi) is 4.44. The van der Waals surface area contributed by atoms with Gasteiger partial charge in [0.05, 0.1) is 17.3 Å². The van der Waals surface area contributed by atoms with Crippen molar-refractivity contribution in [2.45, 2.75) is 38.3 Å². The van der Waals surface area contributed by atoms with E-state index in [1.54, 1.807) is 0 Å². The number of hydrogen-bond donors (Lipinski definition) is 1. The average Bonchev–Trinajstić information content (AvgIpc) is 2.98. The Hall–Kier alpha value is -0.840. The molecule has 0 amide bonds. The first-order valence-electron chi connectivity index (χ1n) is 7.53. The van der Waals surface area contributed by atoms with Gasteiger partial charge in [-0.05, 0) is 44.5 Å². The van der Waals surface area contributed by atoms with Gasteiger partial charge in [0.2, 0.25) is 0 Å². The number of aromatic nitrogens is 1. The molecule has 1 aromatic rings. The van der Waals surface area contributed by atoms with E-state index in [9.17, 15) is 5.11 Å². The van der Waals surface area contributed by atoms with Crippen LogP contribution < -0.4 is 4.90 Å². The first-order valence-corrected chi connectivity index (χ1v) is 7.91. The van der Waals surface area contributed by atoms with E-state index in [0.717, 1.165) is 18.9 Å². The molecule has 2 fully saturated rings. The molecule has 2 aliphatic heterocycles. The third-order valence-electron chi connectivity index (χ3n) is 4.45. The van der Waals surface area contributed by atoms with E-state index in [2.05, 4.69) is 14.8 Å². The highest BCUT2D eigenvalue weighted by atomic mass is 35.5. The number of anilines is 1. The molecule has 0 spiro atoms. The molecule has 1 atom stereocenters. The molecule has 0 aromatic carbocycles. The summed E-state index contributed by atoms with van der Waals surface area (Å²) >= 11 is 6.00. The molecule has 2 saturated heterocycles. The number of rotatable bonds is 3. The van der Waals surface area contributed by atoms with Crippen LogP contribution in [0.1, 0.15) is 31.4 Å². The average molecular weight is 296 g/mol. The Morgan fingerprint density at radius 3 is 2.75 bits per heavy atom. The lowest BCUT2D eigenvalue weighted by Gasteiger charge is -2.32. The van der Waals surface area contributed by atoms with E-state index >= 15 is 0 Å². The van der Waals surface area contributed by atoms with Gasteiger partial charge in [-0.25, -0.2) is 4.98 Å². The topological polar surface area (TPSA) is 39.6 Å². The number of aliphatic hydroxyl groups excluding tert-OH is 1. The number of piperidine rings is 1. The normalized spacial score (nSPS) is 24.3. The highest BCUT2D eigenvalue weighted by molar-refractivity contribution is 6.31. The zero-order valence-corrected chi connectivity index (χ0v) is 12.5. The molecule has 0 radical (unpaired) electrons. The summed E-state index contributed by atoms with van der Waals surface area (Å²) in [5.41, 5.74) is 0.575. The monoisotopic (exact) mass is 295 g/mol. The summed E-state index contributed by atoms with van der Waals surface area (Å²) in [6.07, 6.45) is 5.26. The Labute approximate surface area is 125 Å². The zero-order chi connectivity index (χ0) is 13.9. The van der Waals surface area contributed by atoms with Crippen molar-refractivity contribution in [1.29, 1.82) is 0 Å². The van der Waals surface area contributed by atoms with Gasteiger partial charge < -0.3 is 10.0 Å². The van der Waals surface area contributed by atoms with Crippen LogP contribution in [0.25, 0.3) is 0 Å². The number of pyridine rings is 1. The number of aliphatic hydroxyl groups is 1. The summed E-state index contributed by atoms with van der Waals surface area (Å²) in [5, 5.41) is 9.81. The zero-order valence-electron chi connectivity index (χ0n) is 11.8. The van der Waals surface area contributed by atoms with Crippen molar-refractivity contribution in [3.63, 3.8) is 0 Å². The second-order valence-electron chi connectivity index (χ2n) is 5.74. The van der Waals surface area contributed by atoms with Crippen molar-refractivity contribution in [3.8, 4) is 0 Å². The summed E-state index contributed by atoms with van der Waals surface area (Å²) in [4.78, 5) is 9.42. The Balaban J connectivity index is 1.67. The molecule has 0 saturated carbocycles. The van der Waals surface area contributed by atoms with E-state index in [1.807, 2.05) is 12.1 Å². The Morgan fingerprint density at radius 1 is 1.20 bits per heavy atom. The largest absolute Gasteiger partial charge is 0.390 e. The third-order valence-corrected chi connectivity index (χ3v) is 4.79. The number of halogens is 1. The number of likely N-dealkylation sites (tertiary alicyclic amines) is 1. The van der Waals surface area contributed by atoms with Crippen LogP contribution in [0.5, 0.6) is 0 Å². The minimum Gasteiger partial charge on any atom is -0.390 e. The van der Waals surface area contributed by atoms with Crippen molar-refractivity contribution in [2.24, 2.45) is 0 Å². The van der Waals surface area contributed by atoms with Gasteiger partial charge in [-0.1, -0.05) is 18.0 Å². The van der Waals surface area contributed by atoms with Gasteiger partial charge in [0.1, 0.15) is 5.82 Å². The van der Waals surface area contributed by atoms with E-state index < -0.39 is 0 Å². The minimum atomic E-state index is -0.101. The SMILES string of the molecule is OCc1nc(N2CCC(N3CCCCC3)C2)ccc1Cl. The van der Waals surface area contributed by atoms with Crippen LogP contribution in [0.4, 0.5) is 5.82 Å². The standard InChI is InChI=1S/C15H22ClN3O/c16-13-4-5-15(17-14(13)11-20)19-9-6-12(10-19)18-7-2-1-3-8-18/h4-5,12,20H,1-3,6-11H2. The van der Waals surface area contributed by atoms with Crippen LogP contribution >= 0.6 is 11.6 Å². The van der Waals surface area contributed by atoms with Crippen LogP contribution in [-0.2, 0) is 6.61 Å². The molecule has 0 aliphatic carbocycles. The lowest BCUT2D eigenvalue weighted by molar-refractivity contribution is 0.175. The van der Waals surface area contributed by atoms with Gasteiger partial charge in [-0.2, -0.15) is 0 Å². The maximum Gasteiger partial charge on any atom is 0.129 e. The predicted molar refractivity (Wildman–Crippen MR) is 81.2 cm³/mol. The molecule has 110 valence electrons. The molecule has 3 heterocycles. The third kappa shape index (κ3) is 2.92.